The van der Waals surface area contributed by atoms with Crippen LogP contribution in [0.2, 0.25) is 0 Å². The third kappa shape index (κ3) is 2.98. The van der Waals surface area contributed by atoms with Gasteiger partial charge in [-0.3, -0.25) is 0 Å². The Morgan fingerprint density at radius 1 is 1.42 bits per heavy atom. The molecule has 72 valence electrons. The number of hydrogen-bond donors (Lipinski definition) is 1. The summed E-state index contributed by atoms with van der Waals surface area (Å²) in [6, 6.07) is -0.458. The second-order valence-electron chi connectivity index (χ2n) is 3.03. The first-order chi connectivity index (χ1) is 5.49. The molecule has 0 saturated carbocycles. The van der Waals surface area contributed by atoms with Crippen LogP contribution in [0.15, 0.2) is 0 Å². The maximum atomic E-state index is 11.9. The molecular formula is C7H12F3NO. The maximum Gasteiger partial charge on any atom is 0.391 e. The summed E-state index contributed by atoms with van der Waals surface area (Å²) in [6.45, 7) is 0.397. The van der Waals surface area contributed by atoms with Crippen LogP contribution in [0.4, 0.5) is 13.2 Å². The number of nitrogens with two attached hydrogens (primary N) is 1. The molecule has 0 aromatic carbocycles. The van der Waals surface area contributed by atoms with Crippen molar-refractivity contribution in [3.63, 3.8) is 0 Å². The molecule has 12 heavy (non-hydrogen) atoms. The minimum atomic E-state index is -4.17. The third-order valence-electron chi connectivity index (χ3n) is 1.92. The number of halogens is 3. The molecule has 2 unspecified atom stereocenters. The summed E-state index contributed by atoms with van der Waals surface area (Å²) in [4.78, 5) is 0. The molecule has 0 aromatic heterocycles. The fraction of sp³-hybridized carbons (Fsp3) is 1.00. The minimum Gasteiger partial charge on any atom is -0.376 e. The molecule has 2 nitrogen and oxygen atoms in total. The van der Waals surface area contributed by atoms with Crippen LogP contribution in [-0.2, 0) is 4.74 Å². The van der Waals surface area contributed by atoms with E-state index in [1.54, 1.807) is 0 Å². The summed E-state index contributed by atoms with van der Waals surface area (Å²) >= 11 is 0. The van der Waals surface area contributed by atoms with Crippen LogP contribution in [0.1, 0.15) is 19.3 Å². The van der Waals surface area contributed by atoms with Crippen molar-refractivity contribution < 1.29 is 17.9 Å². The number of ether oxygens (including phenoxy) is 1. The SMILES string of the molecule is NC1CCCOC1CC(F)(F)F. The largest absolute Gasteiger partial charge is 0.391 e. The van der Waals surface area contributed by atoms with Gasteiger partial charge < -0.3 is 10.5 Å². The van der Waals surface area contributed by atoms with E-state index in [9.17, 15) is 13.2 Å². The number of alkyl halides is 3. The van der Waals surface area contributed by atoms with Gasteiger partial charge in [0.15, 0.2) is 0 Å². The van der Waals surface area contributed by atoms with Crippen molar-refractivity contribution in [3.05, 3.63) is 0 Å². The molecule has 1 aliphatic heterocycles. The average molecular weight is 183 g/mol. The van der Waals surface area contributed by atoms with Crippen molar-refractivity contribution in [2.75, 3.05) is 6.61 Å². The zero-order valence-corrected chi connectivity index (χ0v) is 6.60. The van der Waals surface area contributed by atoms with E-state index in [-0.39, 0.29) is 0 Å². The van der Waals surface area contributed by atoms with Crippen molar-refractivity contribution in [3.8, 4) is 0 Å². The lowest BCUT2D eigenvalue weighted by Gasteiger charge is -2.29. The second kappa shape index (κ2) is 3.62. The van der Waals surface area contributed by atoms with Gasteiger partial charge in [0, 0.05) is 12.6 Å². The Balaban J connectivity index is 2.39. The third-order valence-corrected chi connectivity index (χ3v) is 1.92. The standard InChI is InChI=1S/C7H12F3NO/c8-7(9,10)4-6-5(11)2-1-3-12-6/h5-6H,1-4,11H2. The van der Waals surface area contributed by atoms with E-state index >= 15 is 0 Å². The first-order valence-corrected chi connectivity index (χ1v) is 3.93. The lowest BCUT2D eigenvalue weighted by atomic mass is 10.0. The van der Waals surface area contributed by atoms with Gasteiger partial charge >= 0.3 is 6.18 Å². The number of rotatable bonds is 1. The Hall–Kier alpha value is -0.290. The van der Waals surface area contributed by atoms with Gasteiger partial charge in [-0.15, -0.1) is 0 Å². The molecule has 0 radical (unpaired) electrons. The van der Waals surface area contributed by atoms with Gasteiger partial charge in [0.25, 0.3) is 0 Å². The average Bonchev–Trinajstić information content (AvgIpc) is 1.91. The molecule has 0 bridgehead atoms. The summed E-state index contributed by atoms with van der Waals surface area (Å²) in [5, 5.41) is 0. The predicted molar refractivity (Wildman–Crippen MR) is 37.6 cm³/mol. The van der Waals surface area contributed by atoms with Gasteiger partial charge in [-0.05, 0) is 12.8 Å². The highest BCUT2D eigenvalue weighted by Gasteiger charge is 2.36. The highest BCUT2D eigenvalue weighted by atomic mass is 19.4. The molecule has 2 N–H and O–H groups in total. The molecular weight excluding hydrogens is 171 g/mol. The summed E-state index contributed by atoms with van der Waals surface area (Å²) < 4.78 is 40.6. The fourth-order valence-corrected chi connectivity index (χ4v) is 1.30. The highest BCUT2D eigenvalue weighted by Crippen LogP contribution is 2.26. The molecule has 1 heterocycles. The molecule has 1 aliphatic rings. The molecule has 1 fully saturated rings. The van der Waals surface area contributed by atoms with E-state index in [0.29, 0.717) is 13.0 Å². The summed E-state index contributed by atoms with van der Waals surface area (Å²) in [7, 11) is 0. The lowest BCUT2D eigenvalue weighted by Crippen LogP contribution is -2.43. The molecule has 0 spiro atoms. The highest BCUT2D eigenvalue weighted by molar-refractivity contribution is 4.79. The zero-order chi connectivity index (χ0) is 9.19. The van der Waals surface area contributed by atoms with Gasteiger partial charge in [-0.25, -0.2) is 0 Å². The zero-order valence-electron chi connectivity index (χ0n) is 6.60. The summed E-state index contributed by atoms with van der Waals surface area (Å²) in [5.41, 5.74) is 5.46. The smallest absolute Gasteiger partial charge is 0.376 e. The van der Waals surface area contributed by atoms with Crippen LogP contribution in [-0.4, -0.2) is 24.9 Å². The Morgan fingerprint density at radius 2 is 2.08 bits per heavy atom. The Labute approximate surface area is 68.9 Å². The minimum absolute atomic E-state index is 0.397. The molecule has 1 saturated heterocycles. The Morgan fingerprint density at radius 3 is 2.58 bits per heavy atom. The Kier molecular flexibility index (Phi) is 2.95. The molecule has 0 amide bonds. The predicted octanol–water partition coefficient (Wildman–Crippen LogP) is 1.45. The van der Waals surface area contributed by atoms with E-state index in [0.717, 1.165) is 6.42 Å². The first-order valence-electron chi connectivity index (χ1n) is 3.93. The molecule has 5 heteroatoms. The fourth-order valence-electron chi connectivity index (χ4n) is 1.30. The van der Waals surface area contributed by atoms with Crippen LogP contribution in [0.3, 0.4) is 0 Å². The molecule has 1 rings (SSSR count). The van der Waals surface area contributed by atoms with Crippen LogP contribution in [0.25, 0.3) is 0 Å². The Bertz CT molecular complexity index is 148. The van der Waals surface area contributed by atoms with Gasteiger partial charge in [0.2, 0.25) is 0 Å². The second-order valence-corrected chi connectivity index (χ2v) is 3.03. The van der Waals surface area contributed by atoms with Crippen molar-refractivity contribution in [2.24, 2.45) is 5.73 Å². The molecule has 0 aromatic rings. The van der Waals surface area contributed by atoms with E-state index < -0.39 is 24.7 Å². The molecule has 0 aliphatic carbocycles. The van der Waals surface area contributed by atoms with Crippen molar-refractivity contribution >= 4 is 0 Å². The van der Waals surface area contributed by atoms with Crippen molar-refractivity contribution in [1.82, 2.24) is 0 Å². The van der Waals surface area contributed by atoms with Crippen LogP contribution < -0.4 is 5.73 Å². The number of hydrogen-bond acceptors (Lipinski definition) is 2. The summed E-state index contributed by atoms with van der Waals surface area (Å²) in [5.74, 6) is 0. The van der Waals surface area contributed by atoms with Gasteiger partial charge in [-0.1, -0.05) is 0 Å². The van der Waals surface area contributed by atoms with Crippen LogP contribution in [0.5, 0.6) is 0 Å². The normalized spacial score (nSPS) is 32.0. The van der Waals surface area contributed by atoms with E-state index in [1.165, 1.54) is 0 Å². The van der Waals surface area contributed by atoms with Gasteiger partial charge in [0.1, 0.15) is 0 Å². The first kappa shape index (κ1) is 9.80. The topological polar surface area (TPSA) is 35.2 Å². The maximum absolute atomic E-state index is 11.9. The van der Waals surface area contributed by atoms with Crippen molar-refractivity contribution in [2.45, 2.75) is 37.6 Å². The van der Waals surface area contributed by atoms with E-state index in [1.807, 2.05) is 0 Å². The quantitative estimate of drug-likeness (QED) is 0.667. The monoisotopic (exact) mass is 183 g/mol. The van der Waals surface area contributed by atoms with E-state index in [2.05, 4.69) is 0 Å². The van der Waals surface area contributed by atoms with Crippen LogP contribution in [0, 0.1) is 0 Å². The summed E-state index contributed by atoms with van der Waals surface area (Å²) in [6.07, 6.45) is -4.54. The van der Waals surface area contributed by atoms with Gasteiger partial charge in [0.05, 0.1) is 12.5 Å². The van der Waals surface area contributed by atoms with E-state index in [4.69, 9.17) is 10.5 Å². The van der Waals surface area contributed by atoms with Crippen LogP contribution >= 0.6 is 0 Å². The van der Waals surface area contributed by atoms with Crippen molar-refractivity contribution in [1.29, 1.82) is 0 Å². The van der Waals surface area contributed by atoms with Gasteiger partial charge in [-0.2, -0.15) is 13.2 Å². The molecule has 2 atom stereocenters. The lowest BCUT2D eigenvalue weighted by molar-refractivity contribution is -0.168.